The number of nitrogens with one attached hydrogen (secondary N) is 1. The predicted molar refractivity (Wildman–Crippen MR) is 92.5 cm³/mol. The third kappa shape index (κ3) is 6.43. The van der Waals surface area contributed by atoms with Gasteiger partial charge >= 0.3 is 0 Å². The highest BCUT2D eigenvalue weighted by molar-refractivity contribution is 6.36. The Morgan fingerprint density at radius 1 is 1.33 bits per heavy atom. The first-order chi connectivity index (χ1) is 9.27. The summed E-state index contributed by atoms with van der Waals surface area (Å²) in [6, 6.07) is 5.22. The molecule has 0 fully saturated rings. The van der Waals surface area contributed by atoms with E-state index in [0.29, 0.717) is 28.1 Å². The van der Waals surface area contributed by atoms with Crippen LogP contribution in [0.1, 0.15) is 32.8 Å². The number of nitrogens with two attached hydrogens (primary N) is 1. The van der Waals surface area contributed by atoms with E-state index in [1.807, 2.05) is 6.92 Å². The van der Waals surface area contributed by atoms with Crippen LogP contribution < -0.4 is 11.1 Å². The number of halogens is 3. The van der Waals surface area contributed by atoms with Crippen molar-refractivity contribution in [1.29, 1.82) is 0 Å². The summed E-state index contributed by atoms with van der Waals surface area (Å²) in [6.45, 7) is 6.56. The Balaban J connectivity index is 0.00000400. The summed E-state index contributed by atoms with van der Waals surface area (Å²) in [5.74, 6) is 0.335. The van der Waals surface area contributed by atoms with Gasteiger partial charge < -0.3 is 11.1 Å². The van der Waals surface area contributed by atoms with Gasteiger partial charge in [0, 0.05) is 22.1 Å². The highest BCUT2D eigenvalue weighted by Crippen LogP contribution is 2.25. The standard InChI is InChI=1S/C15H22Cl2N2O.ClH/c1-10(2)8-15(3,9-18)19-14(20)7-11-12(16)5-4-6-13(11)17;/h4-6,10H,7-9,18H2,1-3H3,(H,19,20);1H. The summed E-state index contributed by atoms with van der Waals surface area (Å²) >= 11 is 12.1. The topological polar surface area (TPSA) is 55.1 Å². The maximum Gasteiger partial charge on any atom is 0.224 e. The molecule has 1 unspecified atom stereocenters. The molecule has 0 radical (unpaired) electrons. The van der Waals surface area contributed by atoms with Crippen LogP contribution in [-0.4, -0.2) is 18.0 Å². The van der Waals surface area contributed by atoms with Crippen LogP contribution in [0, 0.1) is 5.92 Å². The lowest BCUT2D eigenvalue weighted by Crippen LogP contribution is -2.52. The average Bonchev–Trinajstić information content (AvgIpc) is 2.33. The van der Waals surface area contributed by atoms with E-state index >= 15 is 0 Å². The van der Waals surface area contributed by atoms with Crippen LogP contribution in [-0.2, 0) is 11.2 Å². The number of carbonyl (C=O) groups is 1. The van der Waals surface area contributed by atoms with E-state index in [1.54, 1.807) is 18.2 Å². The van der Waals surface area contributed by atoms with Gasteiger partial charge in [0.05, 0.1) is 6.42 Å². The maximum atomic E-state index is 12.2. The molecular formula is C15H23Cl3N2O. The highest BCUT2D eigenvalue weighted by Gasteiger charge is 2.26. The molecule has 1 aromatic carbocycles. The van der Waals surface area contributed by atoms with Gasteiger partial charge in [0.1, 0.15) is 0 Å². The molecule has 21 heavy (non-hydrogen) atoms. The molecule has 0 bridgehead atoms. The molecule has 120 valence electrons. The minimum Gasteiger partial charge on any atom is -0.349 e. The molecule has 1 aromatic rings. The van der Waals surface area contributed by atoms with E-state index in [-0.39, 0.29) is 24.7 Å². The summed E-state index contributed by atoms with van der Waals surface area (Å²) in [5, 5.41) is 4.01. The number of benzene rings is 1. The molecule has 6 heteroatoms. The lowest BCUT2D eigenvalue weighted by Gasteiger charge is -2.31. The molecule has 0 aromatic heterocycles. The normalized spacial score (nSPS) is 13.5. The SMILES string of the molecule is CC(C)CC(C)(CN)NC(=O)Cc1c(Cl)cccc1Cl.Cl. The first-order valence-corrected chi connectivity index (χ1v) is 7.47. The van der Waals surface area contributed by atoms with Gasteiger partial charge in [-0.05, 0) is 37.0 Å². The molecule has 0 heterocycles. The van der Waals surface area contributed by atoms with E-state index < -0.39 is 5.54 Å². The van der Waals surface area contributed by atoms with Crippen molar-refractivity contribution in [1.82, 2.24) is 5.32 Å². The molecule has 1 atom stereocenters. The third-order valence-electron chi connectivity index (χ3n) is 3.15. The van der Waals surface area contributed by atoms with Crippen LogP contribution in [0.5, 0.6) is 0 Å². The second-order valence-corrected chi connectivity index (χ2v) is 6.60. The molecule has 0 saturated heterocycles. The lowest BCUT2D eigenvalue weighted by atomic mass is 9.90. The fourth-order valence-corrected chi connectivity index (χ4v) is 2.86. The number of rotatable bonds is 6. The number of amides is 1. The molecule has 0 spiro atoms. The Hall–Kier alpha value is -0.480. The van der Waals surface area contributed by atoms with Crippen LogP contribution in [0.3, 0.4) is 0 Å². The summed E-state index contributed by atoms with van der Waals surface area (Å²) in [5.41, 5.74) is 6.04. The molecule has 3 N–H and O–H groups in total. The van der Waals surface area contributed by atoms with Crippen LogP contribution in [0.4, 0.5) is 0 Å². The summed E-state index contributed by atoms with van der Waals surface area (Å²) < 4.78 is 0. The molecule has 0 saturated carbocycles. The van der Waals surface area contributed by atoms with Crippen molar-refractivity contribution >= 4 is 41.5 Å². The summed E-state index contributed by atoms with van der Waals surface area (Å²) in [6.07, 6.45) is 0.984. The van der Waals surface area contributed by atoms with Crippen LogP contribution >= 0.6 is 35.6 Å². The van der Waals surface area contributed by atoms with E-state index in [1.165, 1.54) is 0 Å². The Kier molecular flexibility index (Phi) is 8.64. The zero-order chi connectivity index (χ0) is 15.3. The first-order valence-electron chi connectivity index (χ1n) is 6.71. The fraction of sp³-hybridized carbons (Fsp3) is 0.533. The zero-order valence-electron chi connectivity index (χ0n) is 12.6. The van der Waals surface area contributed by atoms with Gasteiger partial charge in [0.2, 0.25) is 5.91 Å². The van der Waals surface area contributed by atoms with Crippen molar-refractivity contribution in [3.8, 4) is 0 Å². The van der Waals surface area contributed by atoms with Crippen molar-refractivity contribution < 1.29 is 4.79 Å². The van der Waals surface area contributed by atoms with E-state index in [9.17, 15) is 4.79 Å². The number of hydrogen-bond acceptors (Lipinski definition) is 2. The average molecular weight is 354 g/mol. The maximum absolute atomic E-state index is 12.2. The quantitative estimate of drug-likeness (QED) is 0.816. The first kappa shape index (κ1) is 20.5. The second kappa shape index (κ2) is 8.84. The van der Waals surface area contributed by atoms with Gasteiger partial charge in [-0.2, -0.15) is 0 Å². The largest absolute Gasteiger partial charge is 0.349 e. The summed E-state index contributed by atoms with van der Waals surface area (Å²) in [4.78, 5) is 12.2. The Morgan fingerprint density at radius 3 is 2.29 bits per heavy atom. The van der Waals surface area contributed by atoms with Gasteiger partial charge in [-0.25, -0.2) is 0 Å². The van der Waals surface area contributed by atoms with Crippen LogP contribution in [0.25, 0.3) is 0 Å². The van der Waals surface area contributed by atoms with Crippen molar-refractivity contribution in [2.75, 3.05) is 6.54 Å². The minimum absolute atomic E-state index is 0. The number of hydrogen-bond donors (Lipinski definition) is 2. The van der Waals surface area contributed by atoms with Gasteiger partial charge in [0.25, 0.3) is 0 Å². The van der Waals surface area contributed by atoms with Crippen molar-refractivity contribution in [3.63, 3.8) is 0 Å². The van der Waals surface area contributed by atoms with Crippen molar-refractivity contribution in [2.45, 2.75) is 39.2 Å². The lowest BCUT2D eigenvalue weighted by molar-refractivity contribution is -0.122. The molecule has 0 aliphatic carbocycles. The van der Waals surface area contributed by atoms with Gasteiger partial charge in [-0.15, -0.1) is 12.4 Å². The molecule has 0 aliphatic rings. The zero-order valence-corrected chi connectivity index (χ0v) is 14.9. The molecular weight excluding hydrogens is 331 g/mol. The van der Waals surface area contributed by atoms with Crippen LogP contribution in [0.15, 0.2) is 18.2 Å². The molecule has 1 rings (SSSR count). The van der Waals surface area contributed by atoms with Crippen LogP contribution in [0.2, 0.25) is 10.0 Å². The van der Waals surface area contributed by atoms with E-state index in [4.69, 9.17) is 28.9 Å². The fourth-order valence-electron chi connectivity index (χ4n) is 2.33. The van der Waals surface area contributed by atoms with E-state index in [2.05, 4.69) is 19.2 Å². The smallest absolute Gasteiger partial charge is 0.224 e. The highest BCUT2D eigenvalue weighted by atomic mass is 35.5. The number of carbonyl (C=O) groups excluding carboxylic acids is 1. The van der Waals surface area contributed by atoms with Gasteiger partial charge in [-0.3, -0.25) is 4.79 Å². The van der Waals surface area contributed by atoms with Gasteiger partial charge in [-0.1, -0.05) is 43.1 Å². The Morgan fingerprint density at radius 2 is 1.86 bits per heavy atom. The third-order valence-corrected chi connectivity index (χ3v) is 3.86. The summed E-state index contributed by atoms with van der Waals surface area (Å²) in [7, 11) is 0. The van der Waals surface area contributed by atoms with E-state index in [0.717, 1.165) is 6.42 Å². The Bertz CT molecular complexity index is 460. The second-order valence-electron chi connectivity index (χ2n) is 5.79. The van der Waals surface area contributed by atoms with Crippen molar-refractivity contribution in [3.05, 3.63) is 33.8 Å². The minimum atomic E-state index is -0.404. The molecule has 0 aliphatic heterocycles. The molecule has 1 amide bonds. The Labute approximate surface area is 143 Å². The van der Waals surface area contributed by atoms with Crippen molar-refractivity contribution in [2.24, 2.45) is 11.7 Å². The molecule has 3 nitrogen and oxygen atoms in total. The predicted octanol–water partition coefficient (Wildman–Crippen LogP) is 3.84. The van der Waals surface area contributed by atoms with Gasteiger partial charge in [0.15, 0.2) is 0 Å². The monoisotopic (exact) mass is 352 g/mol.